The van der Waals surface area contributed by atoms with Gasteiger partial charge in [0.25, 0.3) is 0 Å². The lowest BCUT2D eigenvalue weighted by atomic mass is 9.59. The standard InChI is InChI=1S/C42H47ClN2O5/c1-27(25-49-36-15-20-44-39-37(22-28(2)38(36)39)50-26-29-11-13-34(48-3)14-12-29)21-31-23-30-7-4-5-10-35(30)41(31)16-18-42(19-17-41,40(46)47)45-33-9-6-8-32(43)24-33/h4-15,20,24,27-28,31,37,45H,16-19,21-23,25-26H2,1-3H3,(H,46,47)/t27-,28?,31?,37?,41?,42?/m1/s1. The minimum Gasteiger partial charge on any atom is -0.497 e. The molecule has 7 nitrogen and oxygen atoms in total. The van der Waals surface area contributed by atoms with Gasteiger partial charge >= 0.3 is 5.97 Å². The fraction of sp³-hybridized carbons (Fsp3) is 0.429. The van der Waals surface area contributed by atoms with Gasteiger partial charge in [-0.3, -0.25) is 4.98 Å². The highest BCUT2D eigenvalue weighted by atomic mass is 35.5. The van der Waals surface area contributed by atoms with Gasteiger partial charge in [-0.15, -0.1) is 0 Å². The van der Waals surface area contributed by atoms with Crippen LogP contribution in [0.15, 0.2) is 85.1 Å². The third kappa shape index (κ3) is 6.70. The first kappa shape index (κ1) is 34.4. The van der Waals surface area contributed by atoms with Crippen molar-refractivity contribution in [2.75, 3.05) is 19.0 Å². The van der Waals surface area contributed by atoms with Crippen LogP contribution in [0.2, 0.25) is 5.02 Å². The number of anilines is 1. The van der Waals surface area contributed by atoms with Gasteiger partial charge in [0, 0.05) is 22.5 Å². The predicted octanol–water partition coefficient (Wildman–Crippen LogP) is 9.53. The van der Waals surface area contributed by atoms with Crippen molar-refractivity contribution in [3.63, 3.8) is 0 Å². The predicted molar refractivity (Wildman–Crippen MR) is 196 cm³/mol. The summed E-state index contributed by atoms with van der Waals surface area (Å²) in [6, 6.07) is 26.2. The second-order valence-electron chi connectivity index (χ2n) is 14.8. The molecular weight excluding hydrogens is 648 g/mol. The van der Waals surface area contributed by atoms with Crippen LogP contribution in [0.1, 0.15) is 92.3 Å². The minimum absolute atomic E-state index is 0.0549. The third-order valence-electron chi connectivity index (χ3n) is 11.6. The molecule has 262 valence electrons. The Kier molecular flexibility index (Phi) is 9.82. The maximum absolute atomic E-state index is 12.8. The summed E-state index contributed by atoms with van der Waals surface area (Å²) in [7, 11) is 1.67. The zero-order chi connectivity index (χ0) is 34.9. The molecule has 0 radical (unpaired) electrons. The van der Waals surface area contributed by atoms with E-state index in [0.717, 1.165) is 66.1 Å². The molecule has 1 fully saturated rings. The van der Waals surface area contributed by atoms with E-state index < -0.39 is 11.5 Å². The van der Waals surface area contributed by atoms with Crippen molar-refractivity contribution in [1.82, 2.24) is 4.98 Å². The quantitative estimate of drug-likeness (QED) is 0.153. The maximum Gasteiger partial charge on any atom is 0.329 e. The number of methoxy groups -OCH3 is 1. The van der Waals surface area contributed by atoms with Crippen molar-refractivity contribution in [2.45, 2.75) is 88.4 Å². The molecule has 3 unspecified atom stereocenters. The van der Waals surface area contributed by atoms with E-state index in [9.17, 15) is 9.90 Å². The topological polar surface area (TPSA) is 89.9 Å². The van der Waals surface area contributed by atoms with Crippen LogP contribution in [0, 0.1) is 11.8 Å². The summed E-state index contributed by atoms with van der Waals surface area (Å²) in [6.07, 6.45) is 7.39. The second-order valence-corrected chi connectivity index (χ2v) is 15.2. The first-order valence-electron chi connectivity index (χ1n) is 17.9. The number of halogens is 1. The number of hydrogen-bond donors (Lipinski definition) is 2. The molecule has 4 atom stereocenters. The van der Waals surface area contributed by atoms with Crippen molar-refractivity contribution < 1.29 is 24.1 Å². The number of hydrogen-bond acceptors (Lipinski definition) is 6. The first-order chi connectivity index (χ1) is 24.2. The molecule has 0 aliphatic heterocycles. The molecule has 0 bridgehead atoms. The fourth-order valence-corrected chi connectivity index (χ4v) is 9.15. The van der Waals surface area contributed by atoms with Crippen LogP contribution < -0.4 is 14.8 Å². The number of fused-ring (bicyclic) bond motifs is 3. The molecule has 1 aromatic heterocycles. The summed E-state index contributed by atoms with van der Waals surface area (Å²) in [6.45, 7) is 5.64. The van der Waals surface area contributed by atoms with E-state index in [1.165, 1.54) is 11.1 Å². The molecule has 1 spiro atoms. The van der Waals surface area contributed by atoms with Gasteiger partial charge in [0.15, 0.2) is 0 Å². The Morgan fingerprint density at radius 1 is 1.04 bits per heavy atom. The summed E-state index contributed by atoms with van der Waals surface area (Å²) in [5.74, 6) is 1.95. The minimum atomic E-state index is -1.03. The Morgan fingerprint density at radius 3 is 2.56 bits per heavy atom. The number of nitrogens with zero attached hydrogens (tertiary/aromatic N) is 1. The molecule has 7 rings (SSSR count). The molecular formula is C42H47ClN2O5. The number of carboxylic acid groups (broad SMARTS) is 1. The SMILES string of the molecule is COc1ccc(COC2CC(C)c3c(OC[C@H](C)CC4Cc5ccccc5C45CCC(Nc4cccc(Cl)c4)(C(=O)O)CC5)ccnc32)cc1. The number of ether oxygens (including phenoxy) is 3. The number of rotatable bonds is 12. The van der Waals surface area contributed by atoms with Crippen LogP contribution in [-0.2, 0) is 28.0 Å². The van der Waals surface area contributed by atoms with Crippen LogP contribution in [0.5, 0.6) is 11.5 Å². The lowest BCUT2D eigenvalue weighted by Gasteiger charge is -2.47. The van der Waals surface area contributed by atoms with E-state index in [4.69, 9.17) is 30.8 Å². The van der Waals surface area contributed by atoms with E-state index in [2.05, 4.69) is 43.4 Å². The van der Waals surface area contributed by atoms with Gasteiger partial charge in [0.05, 0.1) is 26.0 Å². The molecule has 3 aromatic carbocycles. The molecule has 0 saturated heterocycles. The number of carbonyl (C=O) groups is 1. The average Bonchev–Trinajstić information content (AvgIpc) is 3.61. The fourth-order valence-electron chi connectivity index (χ4n) is 8.96. The molecule has 2 N–H and O–H groups in total. The molecule has 1 saturated carbocycles. The summed E-state index contributed by atoms with van der Waals surface area (Å²) in [4.78, 5) is 17.6. The number of carboxylic acids is 1. The molecule has 50 heavy (non-hydrogen) atoms. The number of aromatic nitrogens is 1. The Labute approximate surface area is 300 Å². The highest BCUT2D eigenvalue weighted by molar-refractivity contribution is 6.30. The van der Waals surface area contributed by atoms with Crippen LogP contribution in [-0.4, -0.2) is 35.3 Å². The average molecular weight is 695 g/mol. The van der Waals surface area contributed by atoms with Crippen molar-refractivity contribution in [1.29, 1.82) is 0 Å². The molecule has 8 heteroatoms. The van der Waals surface area contributed by atoms with Crippen molar-refractivity contribution in [3.05, 3.63) is 118 Å². The number of nitrogens with one attached hydrogen (secondary N) is 1. The zero-order valence-electron chi connectivity index (χ0n) is 29.2. The Hall–Kier alpha value is -4.07. The van der Waals surface area contributed by atoms with Gasteiger partial charge in [-0.1, -0.05) is 67.9 Å². The third-order valence-corrected chi connectivity index (χ3v) is 11.8. The monoisotopic (exact) mass is 694 g/mol. The Bertz CT molecular complexity index is 1820. The highest BCUT2D eigenvalue weighted by Gasteiger charge is 2.54. The summed E-state index contributed by atoms with van der Waals surface area (Å²) < 4.78 is 18.3. The van der Waals surface area contributed by atoms with E-state index in [-0.39, 0.29) is 17.4 Å². The number of aliphatic carboxylic acids is 1. The smallest absolute Gasteiger partial charge is 0.329 e. The van der Waals surface area contributed by atoms with E-state index in [0.29, 0.717) is 42.9 Å². The summed E-state index contributed by atoms with van der Waals surface area (Å²) >= 11 is 6.25. The van der Waals surface area contributed by atoms with Crippen LogP contribution >= 0.6 is 11.6 Å². The molecule has 3 aliphatic rings. The van der Waals surface area contributed by atoms with E-state index in [1.807, 2.05) is 48.7 Å². The summed E-state index contributed by atoms with van der Waals surface area (Å²) in [5, 5.41) is 14.5. The number of benzene rings is 3. The van der Waals surface area contributed by atoms with Gasteiger partial charge in [0.1, 0.15) is 23.1 Å². The van der Waals surface area contributed by atoms with E-state index >= 15 is 0 Å². The molecule has 1 heterocycles. The first-order valence-corrected chi connectivity index (χ1v) is 18.3. The molecule has 4 aromatic rings. The maximum atomic E-state index is 12.8. The van der Waals surface area contributed by atoms with Crippen molar-refractivity contribution >= 4 is 23.3 Å². The van der Waals surface area contributed by atoms with Crippen molar-refractivity contribution in [2.24, 2.45) is 11.8 Å². The summed E-state index contributed by atoms with van der Waals surface area (Å²) in [5.41, 5.74) is 5.72. The lowest BCUT2D eigenvalue weighted by Crippen LogP contribution is -2.53. The second kappa shape index (κ2) is 14.3. The molecule has 3 aliphatic carbocycles. The van der Waals surface area contributed by atoms with Crippen LogP contribution in [0.25, 0.3) is 0 Å². The lowest BCUT2D eigenvalue weighted by molar-refractivity contribution is -0.144. The Balaban J connectivity index is 1.02. The van der Waals surface area contributed by atoms with Crippen molar-refractivity contribution in [3.8, 4) is 11.5 Å². The van der Waals surface area contributed by atoms with Gasteiger partial charge in [-0.25, -0.2) is 4.79 Å². The van der Waals surface area contributed by atoms with Gasteiger partial charge in [0.2, 0.25) is 0 Å². The van der Waals surface area contributed by atoms with Crippen LogP contribution in [0.3, 0.4) is 0 Å². The highest BCUT2D eigenvalue weighted by Crippen LogP contribution is 2.56. The molecule has 0 amide bonds. The number of pyridine rings is 1. The zero-order valence-corrected chi connectivity index (χ0v) is 29.9. The Morgan fingerprint density at radius 2 is 1.82 bits per heavy atom. The largest absolute Gasteiger partial charge is 0.497 e. The van der Waals surface area contributed by atoms with E-state index in [1.54, 1.807) is 19.2 Å². The van der Waals surface area contributed by atoms with Crippen LogP contribution in [0.4, 0.5) is 5.69 Å². The normalized spacial score (nSPS) is 25.9. The van der Waals surface area contributed by atoms with Gasteiger partial charge < -0.3 is 24.6 Å². The van der Waals surface area contributed by atoms with Gasteiger partial charge in [-0.05, 0) is 121 Å². The van der Waals surface area contributed by atoms with Gasteiger partial charge in [-0.2, -0.15) is 0 Å².